The van der Waals surface area contributed by atoms with Crippen LogP contribution in [0, 0.1) is 11.3 Å². The SMILES string of the molecule is CCOC(=O)Cc1cc(CN)cc(C#N)c1Br. The molecule has 1 aromatic rings. The first-order valence-corrected chi connectivity index (χ1v) is 5.98. The fraction of sp³-hybridized carbons (Fsp3) is 0.333. The lowest BCUT2D eigenvalue weighted by Gasteiger charge is -2.08. The van der Waals surface area contributed by atoms with E-state index in [4.69, 9.17) is 15.7 Å². The zero-order valence-electron chi connectivity index (χ0n) is 9.50. The zero-order valence-corrected chi connectivity index (χ0v) is 11.1. The van der Waals surface area contributed by atoms with Gasteiger partial charge in [-0.25, -0.2) is 0 Å². The van der Waals surface area contributed by atoms with Crippen molar-refractivity contribution in [2.75, 3.05) is 6.61 Å². The third-order valence-electron chi connectivity index (χ3n) is 2.20. The first-order valence-electron chi connectivity index (χ1n) is 5.19. The largest absolute Gasteiger partial charge is 0.466 e. The Balaban J connectivity index is 3.06. The summed E-state index contributed by atoms with van der Waals surface area (Å²) in [6, 6.07) is 5.58. The summed E-state index contributed by atoms with van der Waals surface area (Å²) in [5.41, 5.74) is 7.57. The number of esters is 1. The van der Waals surface area contributed by atoms with Crippen LogP contribution in [0.4, 0.5) is 0 Å². The maximum Gasteiger partial charge on any atom is 0.310 e. The summed E-state index contributed by atoms with van der Waals surface area (Å²) in [6.07, 6.45) is 0.136. The minimum Gasteiger partial charge on any atom is -0.466 e. The number of halogens is 1. The van der Waals surface area contributed by atoms with Gasteiger partial charge in [-0.1, -0.05) is 6.07 Å². The van der Waals surface area contributed by atoms with Crippen LogP contribution in [0.25, 0.3) is 0 Å². The zero-order chi connectivity index (χ0) is 12.8. The molecule has 0 saturated heterocycles. The lowest BCUT2D eigenvalue weighted by Crippen LogP contribution is -2.09. The number of nitrogens with two attached hydrogens (primary N) is 1. The minimum absolute atomic E-state index is 0.136. The highest BCUT2D eigenvalue weighted by molar-refractivity contribution is 9.10. The lowest BCUT2D eigenvalue weighted by atomic mass is 10.0. The van der Waals surface area contributed by atoms with Gasteiger partial charge < -0.3 is 10.5 Å². The van der Waals surface area contributed by atoms with Crippen LogP contribution in [0.1, 0.15) is 23.6 Å². The van der Waals surface area contributed by atoms with Crippen molar-refractivity contribution < 1.29 is 9.53 Å². The van der Waals surface area contributed by atoms with Crippen LogP contribution in [0.3, 0.4) is 0 Å². The van der Waals surface area contributed by atoms with Crippen molar-refractivity contribution in [3.05, 3.63) is 33.3 Å². The first kappa shape index (κ1) is 13.7. The smallest absolute Gasteiger partial charge is 0.310 e. The average Bonchev–Trinajstić information content (AvgIpc) is 2.32. The molecule has 0 fully saturated rings. The highest BCUT2D eigenvalue weighted by Gasteiger charge is 2.12. The van der Waals surface area contributed by atoms with Crippen molar-refractivity contribution in [3.63, 3.8) is 0 Å². The third-order valence-corrected chi connectivity index (χ3v) is 3.14. The van der Waals surface area contributed by atoms with E-state index in [1.165, 1.54) is 0 Å². The summed E-state index contributed by atoms with van der Waals surface area (Å²) < 4.78 is 5.50. The predicted molar refractivity (Wildman–Crippen MR) is 67.1 cm³/mol. The molecule has 0 bridgehead atoms. The Labute approximate surface area is 108 Å². The van der Waals surface area contributed by atoms with E-state index in [0.29, 0.717) is 23.2 Å². The maximum atomic E-state index is 11.4. The van der Waals surface area contributed by atoms with Gasteiger partial charge >= 0.3 is 5.97 Å². The number of nitriles is 1. The van der Waals surface area contributed by atoms with E-state index in [-0.39, 0.29) is 12.4 Å². The van der Waals surface area contributed by atoms with Gasteiger partial charge in [0.05, 0.1) is 18.6 Å². The summed E-state index contributed by atoms with van der Waals surface area (Å²) in [5, 5.41) is 8.96. The molecule has 0 spiro atoms. The molecule has 2 N–H and O–H groups in total. The van der Waals surface area contributed by atoms with Crippen molar-refractivity contribution in [1.29, 1.82) is 5.26 Å². The Morgan fingerprint density at radius 1 is 1.59 bits per heavy atom. The number of rotatable bonds is 4. The second kappa shape index (κ2) is 6.38. The molecule has 1 aromatic carbocycles. The molecule has 1 rings (SSSR count). The van der Waals surface area contributed by atoms with Gasteiger partial charge in [0.15, 0.2) is 0 Å². The monoisotopic (exact) mass is 296 g/mol. The summed E-state index contributed by atoms with van der Waals surface area (Å²) in [4.78, 5) is 11.4. The summed E-state index contributed by atoms with van der Waals surface area (Å²) >= 11 is 3.31. The molecule has 0 atom stereocenters. The van der Waals surface area contributed by atoms with Crippen LogP contribution in [0.5, 0.6) is 0 Å². The standard InChI is InChI=1S/C12H13BrN2O2/c1-2-17-11(16)5-9-3-8(6-14)4-10(7-15)12(9)13/h3-4H,2,5-6,14H2,1H3. The molecule has 90 valence electrons. The Bertz CT molecular complexity index is 466. The maximum absolute atomic E-state index is 11.4. The van der Waals surface area contributed by atoms with E-state index in [0.717, 1.165) is 11.1 Å². The second-order valence-corrected chi connectivity index (χ2v) is 4.21. The van der Waals surface area contributed by atoms with Gasteiger partial charge in [0.1, 0.15) is 6.07 Å². The molecule has 0 heterocycles. The van der Waals surface area contributed by atoms with Crippen molar-refractivity contribution in [1.82, 2.24) is 0 Å². The summed E-state index contributed by atoms with van der Waals surface area (Å²) in [7, 11) is 0. The Morgan fingerprint density at radius 2 is 2.29 bits per heavy atom. The van der Waals surface area contributed by atoms with Crippen molar-refractivity contribution in [2.45, 2.75) is 19.9 Å². The van der Waals surface area contributed by atoms with E-state index < -0.39 is 0 Å². The molecular formula is C12H13BrN2O2. The minimum atomic E-state index is -0.314. The molecular weight excluding hydrogens is 284 g/mol. The second-order valence-electron chi connectivity index (χ2n) is 3.41. The lowest BCUT2D eigenvalue weighted by molar-refractivity contribution is -0.142. The van der Waals surface area contributed by atoms with Gasteiger partial charge in [0.2, 0.25) is 0 Å². The Hall–Kier alpha value is -1.38. The van der Waals surface area contributed by atoms with Gasteiger partial charge in [-0.05, 0) is 40.0 Å². The van der Waals surface area contributed by atoms with E-state index in [2.05, 4.69) is 22.0 Å². The number of carbonyl (C=O) groups is 1. The van der Waals surface area contributed by atoms with E-state index in [1.54, 1.807) is 13.0 Å². The molecule has 5 heteroatoms. The number of benzene rings is 1. The normalized spacial score (nSPS) is 9.76. The molecule has 0 aliphatic carbocycles. The highest BCUT2D eigenvalue weighted by Crippen LogP contribution is 2.24. The van der Waals surface area contributed by atoms with Crippen LogP contribution >= 0.6 is 15.9 Å². The molecule has 0 aliphatic heterocycles. The van der Waals surface area contributed by atoms with Gasteiger partial charge in [-0.15, -0.1) is 0 Å². The van der Waals surface area contributed by atoms with Crippen LogP contribution in [0.15, 0.2) is 16.6 Å². The van der Waals surface area contributed by atoms with E-state index in [9.17, 15) is 4.79 Å². The fourth-order valence-electron chi connectivity index (χ4n) is 1.45. The Morgan fingerprint density at radius 3 is 2.82 bits per heavy atom. The van der Waals surface area contributed by atoms with Crippen molar-refractivity contribution in [3.8, 4) is 6.07 Å². The molecule has 0 aliphatic rings. The van der Waals surface area contributed by atoms with Crippen molar-refractivity contribution >= 4 is 21.9 Å². The van der Waals surface area contributed by atoms with Gasteiger partial charge in [-0.2, -0.15) is 5.26 Å². The van der Waals surface area contributed by atoms with Crippen LogP contribution in [-0.4, -0.2) is 12.6 Å². The number of hydrogen-bond acceptors (Lipinski definition) is 4. The van der Waals surface area contributed by atoms with Crippen LogP contribution in [-0.2, 0) is 22.5 Å². The third kappa shape index (κ3) is 3.55. The number of nitrogens with zero attached hydrogens (tertiary/aromatic N) is 1. The number of hydrogen-bond donors (Lipinski definition) is 1. The van der Waals surface area contributed by atoms with E-state index >= 15 is 0 Å². The van der Waals surface area contributed by atoms with Gasteiger partial charge in [-0.3, -0.25) is 4.79 Å². The first-order chi connectivity index (χ1) is 8.12. The molecule has 0 radical (unpaired) electrons. The highest BCUT2D eigenvalue weighted by atomic mass is 79.9. The topological polar surface area (TPSA) is 76.1 Å². The molecule has 0 aromatic heterocycles. The average molecular weight is 297 g/mol. The quantitative estimate of drug-likeness (QED) is 0.861. The van der Waals surface area contributed by atoms with Crippen LogP contribution in [0.2, 0.25) is 0 Å². The van der Waals surface area contributed by atoms with E-state index in [1.807, 2.05) is 6.07 Å². The molecule has 0 saturated carbocycles. The summed E-state index contributed by atoms with van der Waals surface area (Å²) in [6.45, 7) is 2.43. The predicted octanol–water partition coefficient (Wildman–Crippen LogP) is 1.89. The molecule has 17 heavy (non-hydrogen) atoms. The van der Waals surface area contributed by atoms with Crippen molar-refractivity contribution in [2.24, 2.45) is 5.73 Å². The molecule has 0 amide bonds. The molecule has 0 unspecified atom stereocenters. The molecule has 4 nitrogen and oxygen atoms in total. The number of ether oxygens (including phenoxy) is 1. The fourth-order valence-corrected chi connectivity index (χ4v) is 1.90. The Kier molecular flexibility index (Phi) is 5.13. The van der Waals surface area contributed by atoms with Crippen LogP contribution < -0.4 is 5.73 Å². The number of carbonyl (C=O) groups excluding carboxylic acids is 1. The summed E-state index contributed by atoms with van der Waals surface area (Å²) in [5.74, 6) is -0.314. The van der Waals surface area contributed by atoms with Gasteiger partial charge in [0, 0.05) is 11.0 Å². The van der Waals surface area contributed by atoms with Gasteiger partial charge in [0.25, 0.3) is 0 Å².